The number of phenols is 1. The van der Waals surface area contributed by atoms with Crippen molar-refractivity contribution in [1.29, 1.82) is 0 Å². The molecule has 0 radical (unpaired) electrons. The van der Waals surface area contributed by atoms with E-state index in [1.807, 2.05) is 12.1 Å². The lowest BCUT2D eigenvalue weighted by atomic mass is 9.53. The Morgan fingerprint density at radius 3 is 2.74 bits per heavy atom. The molecule has 2 unspecified atom stereocenters. The number of hydrogen-bond donors (Lipinski definition) is 2. The summed E-state index contributed by atoms with van der Waals surface area (Å²) in [5, 5.41) is 20.6. The van der Waals surface area contributed by atoms with E-state index in [0.29, 0.717) is 35.3 Å². The molecule has 3 aliphatic carbocycles. The van der Waals surface area contributed by atoms with Crippen LogP contribution in [0.1, 0.15) is 63.5 Å². The number of benzene rings is 1. The lowest BCUT2D eigenvalue weighted by Gasteiger charge is -2.52. The lowest BCUT2D eigenvalue weighted by molar-refractivity contribution is -0.0333. The van der Waals surface area contributed by atoms with Gasteiger partial charge in [-0.1, -0.05) is 26.8 Å². The Labute approximate surface area is 139 Å². The largest absolute Gasteiger partial charge is 0.508 e. The summed E-state index contributed by atoms with van der Waals surface area (Å²) in [7, 11) is 0. The maximum atomic E-state index is 10.8. The van der Waals surface area contributed by atoms with Gasteiger partial charge in [0.1, 0.15) is 5.75 Å². The van der Waals surface area contributed by atoms with E-state index >= 15 is 0 Å². The lowest BCUT2D eigenvalue weighted by Crippen LogP contribution is -2.45. The Bertz CT molecular complexity index is 608. The molecule has 2 fully saturated rings. The first-order chi connectivity index (χ1) is 10.9. The molecule has 126 valence electrons. The van der Waals surface area contributed by atoms with Crippen molar-refractivity contribution in [1.82, 2.24) is 0 Å². The maximum Gasteiger partial charge on any atom is 0.115 e. The van der Waals surface area contributed by atoms with Gasteiger partial charge < -0.3 is 10.2 Å². The molecule has 0 aliphatic heterocycles. The second kappa shape index (κ2) is 5.24. The molecule has 1 aromatic rings. The fourth-order valence-corrected chi connectivity index (χ4v) is 6.40. The summed E-state index contributed by atoms with van der Waals surface area (Å²) in [5.74, 6) is 3.69. The quantitative estimate of drug-likeness (QED) is 0.801. The van der Waals surface area contributed by atoms with Crippen LogP contribution < -0.4 is 0 Å². The zero-order valence-electron chi connectivity index (χ0n) is 14.6. The van der Waals surface area contributed by atoms with Gasteiger partial charge in [0.25, 0.3) is 0 Å². The van der Waals surface area contributed by atoms with Crippen molar-refractivity contribution in [3.8, 4) is 5.75 Å². The molecule has 0 spiro atoms. The van der Waals surface area contributed by atoms with Gasteiger partial charge in [0.05, 0.1) is 6.10 Å². The van der Waals surface area contributed by atoms with Gasteiger partial charge in [0, 0.05) is 0 Å². The SMILES string of the molecule is CC(C)C1CC(O)[C@@]2(C)CC[C@@H]3c4ccc(O)cc4CC[C@H]3[C@H]12. The highest BCUT2D eigenvalue weighted by Gasteiger charge is 2.58. The first-order valence-corrected chi connectivity index (χ1v) is 9.41. The van der Waals surface area contributed by atoms with Gasteiger partial charge in [0.2, 0.25) is 0 Å². The van der Waals surface area contributed by atoms with Gasteiger partial charge in [-0.25, -0.2) is 0 Å². The Morgan fingerprint density at radius 2 is 2.00 bits per heavy atom. The molecule has 6 atom stereocenters. The van der Waals surface area contributed by atoms with Crippen molar-refractivity contribution in [2.75, 3.05) is 0 Å². The molecule has 2 N–H and O–H groups in total. The molecule has 1 aromatic carbocycles. The zero-order chi connectivity index (χ0) is 16.4. The van der Waals surface area contributed by atoms with Crippen LogP contribution in [0.25, 0.3) is 0 Å². The Hall–Kier alpha value is -1.02. The van der Waals surface area contributed by atoms with E-state index in [9.17, 15) is 10.2 Å². The molecule has 3 aliphatic rings. The molecule has 0 saturated heterocycles. The van der Waals surface area contributed by atoms with Crippen LogP contribution in [0.4, 0.5) is 0 Å². The Kier molecular flexibility index (Phi) is 3.53. The third-order valence-electron chi connectivity index (χ3n) is 7.58. The van der Waals surface area contributed by atoms with Gasteiger partial charge in [-0.15, -0.1) is 0 Å². The van der Waals surface area contributed by atoms with Gasteiger partial charge in [0.15, 0.2) is 0 Å². The molecule has 0 aromatic heterocycles. The van der Waals surface area contributed by atoms with E-state index in [-0.39, 0.29) is 11.5 Å². The molecular weight excluding hydrogens is 284 g/mol. The van der Waals surface area contributed by atoms with Crippen molar-refractivity contribution in [3.05, 3.63) is 29.3 Å². The van der Waals surface area contributed by atoms with E-state index < -0.39 is 0 Å². The van der Waals surface area contributed by atoms with Gasteiger partial charge in [-0.05, 0) is 90.4 Å². The van der Waals surface area contributed by atoms with Crippen LogP contribution >= 0.6 is 0 Å². The minimum Gasteiger partial charge on any atom is -0.508 e. The summed E-state index contributed by atoms with van der Waals surface area (Å²) in [6, 6.07) is 6.00. The maximum absolute atomic E-state index is 10.8. The van der Waals surface area contributed by atoms with E-state index in [4.69, 9.17) is 0 Å². The third-order valence-corrected chi connectivity index (χ3v) is 7.58. The first kappa shape index (κ1) is 15.5. The van der Waals surface area contributed by atoms with Crippen molar-refractivity contribution in [3.63, 3.8) is 0 Å². The number of aliphatic hydroxyl groups excluding tert-OH is 1. The Balaban J connectivity index is 1.73. The highest BCUT2D eigenvalue weighted by atomic mass is 16.3. The third kappa shape index (κ3) is 2.17. The summed E-state index contributed by atoms with van der Waals surface area (Å²) in [6.07, 6.45) is 5.50. The molecule has 4 rings (SSSR count). The van der Waals surface area contributed by atoms with Gasteiger partial charge in [-0.2, -0.15) is 0 Å². The monoisotopic (exact) mass is 314 g/mol. The standard InChI is InChI=1S/C21H30O2/c1-12(2)18-11-19(23)21(3)9-8-16-15-7-5-14(22)10-13(15)4-6-17(16)20(18)21/h5,7,10,12,16-20,22-23H,4,6,8-9,11H2,1-3H3/t16-,17-,18?,19?,20-,21-/m1/s1. The minimum absolute atomic E-state index is 0.116. The van der Waals surface area contributed by atoms with Crippen LogP contribution in [0.2, 0.25) is 0 Å². The molecule has 0 bridgehead atoms. The average Bonchev–Trinajstić information content (AvgIpc) is 2.79. The van der Waals surface area contributed by atoms with Crippen molar-refractivity contribution in [2.45, 2.75) is 64.9 Å². The molecular formula is C21H30O2. The number of aromatic hydroxyl groups is 1. The molecule has 2 saturated carbocycles. The number of hydrogen-bond acceptors (Lipinski definition) is 2. The first-order valence-electron chi connectivity index (χ1n) is 9.41. The van der Waals surface area contributed by atoms with Crippen molar-refractivity contribution in [2.24, 2.45) is 29.1 Å². The fraction of sp³-hybridized carbons (Fsp3) is 0.714. The van der Waals surface area contributed by atoms with E-state index in [1.54, 1.807) is 0 Å². The molecule has 0 amide bonds. The van der Waals surface area contributed by atoms with Crippen LogP contribution in [0.5, 0.6) is 5.75 Å². The molecule has 2 heteroatoms. The fourth-order valence-electron chi connectivity index (χ4n) is 6.40. The minimum atomic E-state index is -0.123. The van der Waals surface area contributed by atoms with Crippen LogP contribution in [0.15, 0.2) is 18.2 Å². The van der Waals surface area contributed by atoms with E-state index in [2.05, 4.69) is 26.8 Å². The number of phenolic OH excluding ortho intramolecular Hbond substituents is 1. The summed E-state index contributed by atoms with van der Waals surface area (Å²) in [5.41, 5.74) is 2.95. The number of aliphatic hydroxyl groups is 1. The highest BCUT2D eigenvalue weighted by Crippen LogP contribution is 2.63. The number of fused-ring (bicyclic) bond motifs is 5. The smallest absolute Gasteiger partial charge is 0.115 e. The Morgan fingerprint density at radius 1 is 1.22 bits per heavy atom. The normalized spacial score (nSPS) is 42.2. The molecule has 23 heavy (non-hydrogen) atoms. The number of aryl methyl sites for hydroxylation is 1. The summed E-state index contributed by atoms with van der Waals surface area (Å²) < 4.78 is 0. The topological polar surface area (TPSA) is 40.5 Å². The summed E-state index contributed by atoms with van der Waals surface area (Å²) in [4.78, 5) is 0. The molecule has 0 heterocycles. The van der Waals surface area contributed by atoms with Crippen molar-refractivity contribution >= 4 is 0 Å². The molecule has 2 nitrogen and oxygen atoms in total. The average molecular weight is 314 g/mol. The zero-order valence-corrected chi connectivity index (χ0v) is 14.6. The van der Waals surface area contributed by atoms with Gasteiger partial charge >= 0.3 is 0 Å². The second-order valence-corrected chi connectivity index (χ2v) is 8.92. The van der Waals surface area contributed by atoms with Crippen LogP contribution in [-0.4, -0.2) is 16.3 Å². The van der Waals surface area contributed by atoms with Crippen LogP contribution in [0, 0.1) is 29.1 Å². The number of rotatable bonds is 1. The second-order valence-electron chi connectivity index (χ2n) is 8.92. The van der Waals surface area contributed by atoms with E-state index in [0.717, 1.165) is 19.3 Å². The predicted octanol–water partition coefficient (Wildman–Crippen LogP) is 4.49. The van der Waals surface area contributed by atoms with E-state index in [1.165, 1.54) is 24.0 Å². The predicted molar refractivity (Wildman–Crippen MR) is 92.4 cm³/mol. The highest BCUT2D eigenvalue weighted by molar-refractivity contribution is 5.40. The van der Waals surface area contributed by atoms with Crippen molar-refractivity contribution < 1.29 is 10.2 Å². The summed E-state index contributed by atoms with van der Waals surface area (Å²) in [6.45, 7) is 7.02. The van der Waals surface area contributed by atoms with Crippen LogP contribution in [-0.2, 0) is 6.42 Å². The summed E-state index contributed by atoms with van der Waals surface area (Å²) >= 11 is 0. The van der Waals surface area contributed by atoms with Crippen LogP contribution in [0.3, 0.4) is 0 Å². The van der Waals surface area contributed by atoms with Gasteiger partial charge in [-0.3, -0.25) is 0 Å².